The van der Waals surface area contributed by atoms with Crippen molar-refractivity contribution in [1.82, 2.24) is 44.9 Å². The SMILES string of the molecule is Cc1nc(C)nc(-c2cc(-c3nc(-c4ccccc4)nc(-c4ccccc4)n3)cc(-c3nc(-c4ccccc4)nc(-c4ccc(C#N)cc4)n3)c2)n1. The van der Waals surface area contributed by atoms with E-state index in [1.54, 1.807) is 12.1 Å². The minimum Gasteiger partial charge on any atom is -0.219 e. The first kappa shape index (κ1) is 31.9. The minimum absolute atomic E-state index is 0.430. The van der Waals surface area contributed by atoms with E-state index >= 15 is 0 Å². The van der Waals surface area contributed by atoms with Gasteiger partial charge in [-0.25, -0.2) is 44.9 Å². The molecule has 8 rings (SSSR count). The van der Waals surface area contributed by atoms with Gasteiger partial charge in [-0.3, -0.25) is 0 Å². The van der Waals surface area contributed by atoms with Gasteiger partial charge in [0.05, 0.1) is 11.6 Å². The second-order valence-corrected chi connectivity index (χ2v) is 12.0. The number of hydrogen-bond donors (Lipinski definition) is 0. The molecule has 10 nitrogen and oxygen atoms in total. The number of nitriles is 1. The van der Waals surface area contributed by atoms with Gasteiger partial charge in [-0.05, 0) is 56.3 Å². The standard InChI is InChI=1S/C42H28N10/c1-26-44-27(2)46-40(45-26)33-22-34(41-49-36(29-12-6-3-7-13-29)47-37(50-41)30-14-8-4-9-15-30)24-35(23-33)42-51-38(31-16-10-5-11-17-31)48-39(52-42)32-20-18-28(25-43)19-21-32/h3-24H,1-2H3. The summed E-state index contributed by atoms with van der Waals surface area (Å²) in [6.45, 7) is 3.68. The van der Waals surface area contributed by atoms with Gasteiger partial charge in [0.2, 0.25) is 0 Å². The number of rotatable bonds is 7. The van der Waals surface area contributed by atoms with Crippen molar-refractivity contribution >= 4 is 0 Å². The van der Waals surface area contributed by atoms with Gasteiger partial charge in [0.25, 0.3) is 0 Å². The van der Waals surface area contributed by atoms with Crippen molar-refractivity contribution in [3.05, 3.63) is 151 Å². The molecule has 246 valence electrons. The van der Waals surface area contributed by atoms with Crippen LogP contribution in [0.1, 0.15) is 17.2 Å². The fourth-order valence-corrected chi connectivity index (χ4v) is 5.74. The maximum absolute atomic E-state index is 9.40. The lowest BCUT2D eigenvalue weighted by atomic mass is 10.0. The van der Waals surface area contributed by atoms with Gasteiger partial charge in [-0.2, -0.15) is 5.26 Å². The molecule has 5 aromatic carbocycles. The van der Waals surface area contributed by atoms with Gasteiger partial charge in [0.15, 0.2) is 40.8 Å². The molecule has 8 aromatic rings. The largest absolute Gasteiger partial charge is 0.219 e. The van der Waals surface area contributed by atoms with Gasteiger partial charge in [-0.1, -0.05) is 91.0 Å². The Morgan fingerprint density at radius 2 is 0.615 bits per heavy atom. The Morgan fingerprint density at radius 1 is 0.327 bits per heavy atom. The van der Waals surface area contributed by atoms with Crippen LogP contribution in [0, 0.1) is 25.2 Å². The topological polar surface area (TPSA) is 140 Å². The van der Waals surface area contributed by atoms with E-state index in [1.165, 1.54) is 0 Å². The third-order valence-electron chi connectivity index (χ3n) is 8.21. The van der Waals surface area contributed by atoms with E-state index < -0.39 is 0 Å². The molecular formula is C42H28N10. The van der Waals surface area contributed by atoms with Crippen molar-refractivity contribution in [2.45, 2.75) is 13.8 Å². The molecule has 0 saturated heterocycles. The van der Waals surface area contributed by atoms with Gasteiger partial charge >= 0.3 is 0 Å². The van der Waals surface area contributed by atoms with Crippen LogP contribution in [-0.4, -0.2) is 44.9 Å². The van der Waals surface area contributed by atoms with Crippen LogP contribution in [0.25, 0.3) is 79.7 Å². The smallest absolute Gasteiger partial charge is 0.164 e. The van der Waals surface area contributed by atoms with Crippen molar-refractivity contribution in [3.8, 4) is 85.8 Å². The second kappa shape index (κ2) is 13.9. The van der Waals surface area contributed by atoms with Crippen molar-refractivity contribution < 1.29 is 0 Å². The van der Waals surface area contributed by atoms with E-state index in [0.29, 0.717) is 74.7 Å². The number of hydrogen-bond acceptors (Lipinski definition) is 10. The van der Waals surface area contributed by atoms with Gasteiger partial charge < -0.3 is 0 Å². The number of aromatic nitrogens is 9. The molecule has 3 aromatic heterocycles. The molecule has 0 unspecified atom stereocenters. The summed E-state index contributed by atoms with van der Waals surface area (Å²) in [5, 5.41) is 9.40. The van der Waals surface area contributed by atoms with Crippen LogP contribution in [-0.2, 0) is 0 Å². The third kappa shape index (κ3) is 6.75. The monoisotopic (exact) mass is 672 g/mol. The maximum Gasteiger partial charge on any atom is 0.164 e. The lowest BCUT2D eigenvalue weighted by molar-refractivity contribution is 0.928. The summed E-state index contributed by atoms with van der Waals surface area (Å²) in [6.07, 6.45) is 0. The van der Waals surface area contributed by atoms with E-state index in [4.69, 9.17) is 39.9 Å². The average molecular weight is 673 g/mol. The molecule has 0 atom stereocenters. The van der Waals surface area contributed by atoms with E-state index in [2.05, 4.69) is 11.1 Å². The van der Waals surface area contributed by atoms with Crippen LogP contribution >= 0.6 is 0 Å². The Balaban J connectivity index is 1.38. The number of benzene rings is 5. The zero-order valence-electron chi connectivity index (χ0n) is 28.2. The zero-order valence-corrected chi connectivity index (χ0v) is 28.2. The Hall–Kier alpha value is -7.38. The lowest BCUT2D eigenvalue weighted by Crippen LogP contribution is -2.03. The molecule has 3 heterocycles. The van der Waals surface area contributed by atoms with Crippen LogP contribution in [0.3, 0.4) is 0 Å². The summed E-state index contributed by atoms with van der Waals surface area (Å²) in [4.78, 5) is 43.5. The van der Waals surface area contributed by atoms with Crippen LogP contribution in [0.15, 0.2) is 133 Å². The van der Waals surface area contributed by atoms with Crippen molar-refractivity contribution in [1.29, 1.82) is 5.26 Å². The minimum atomic E-state index is 0.430. The summed E-state index contributed by atoms with van der Waals surface area (Å²) < 4.78 is 0. The molecule has 0 N–H and O–H groups in total. The van der Waals surface area contributed by atoms with Gasteiger partial charge in [0, 0.05) is 38.9 Å². The predicted octanol–water partition coefficient (Wildman–Crippen LogP) is 8.40. The second-order valence-electron chi connectivity index (χ2n) is 12.0. The first-order valence-electron chi connectivity index (χ1n) is 16.5. The maximum atomic E-state index is 9.40. The Bertz CT molecular complexity index is 2510. The van der Waals surface area contributed by atoms with E-state index in [0.717, 1.165) is 22.3 Å². The Morgan fingerprint density at radius 3 is 0.942 bits per heavy atom. The molecule has 0 aliphatic rings. The summed E-state index contributed by atoms with van der Waals surface area (Å²) >= 11 is 0. The van der Waals surface area contributed by atoms with Gasteiger partial charge in [-0.15, -0.1) is 0 Å². The zero-order chi connectivity index (χ0) is 35.4. The third-order valence-corrected chi connectivity index (χ3v) is 8.21. The first-order chi connectivity index (χ1) is 25.5. The average Bonchev–Trinajstić information content (AvgIpc) is 3.21. The summed E-state index contributed by atoms with van der Waals surface area (Å²) in [6, 6.07) is 44.7. The van der Waals surface area contributed by atoms with Crippen LogP contribution in [0.4, 0.5) is 0 Å². The molecule has 0 radical (unpaired) electrons. The molecule has 0 amide bonds. The Kier molecular flexibility index (Phi) is 8.49. The molecule has 10 heteroatoms. The predicted molar refractivity (Wildman–Crippen MR) is 199 cm³/mol. The fourth-order valence-electron chi connectivity index (χ4n) is 5.74. The first-order valence-corrected chi connectivity index (χ1v) is 16.5. The summed E-state index contributed by atoms with van der Waals surface area (Å²) in [7, 11) is 0. The molecule has 0 saturated carbocycles. The Labute approximate surface area is 299 Å². The normalized spacial score (nSPS) is 10.9. The quantitative estimate of drug-likeness (QED) is 0.162. The van der Waals surface area contributed by atoms with Crippen molar-refractivity contribution in [2.24, 2.45) is 0 Å². The highest BCUT2D eigenvalue weighted by molar-refractivity contribution is 5.78. The highest BCUT2D eigenvalue weighted by Gasteiger charge is 2.19. The summed E-state index contributed by atoms with van der Waals surface area (Å²) in [5.74, 6) is 4.63. The van der Waals surface area contributed by atoms with Crippen molar-refractivity contribution in [2.75, 3.05) is 0 Å². The molecule has 0 fully saturated rings. The van der Waals surface area contributed by atoms with E-state index in [-0.39, 0.29) is 0 Å². The van der Waals surface area contributed by atoms with E-state index in [1.807, 2.05) is 135 Å². The van der Waals surface area contributed by atoms with Crippen LogP contribution < -0.4 is 0 Å². The molecule has 52 heavy (non-hydrogen) atoms. The lowest BCUT2D eigenvalue weighted by Gasteiger charge is -2.13. The van der Waals surface area contributed by atoms with Crippen molar-refractivity contribution in [3.63, 3.8) is 0 Å². The molecular weight excluding hydrogens is 645 g/mol. The fraction of sp³-hybridized carbons (Fsp3) is 0.0476. The molecule has 0 aliphatic heterocycles. The van der Waals surface area contributed by atoms with Crippen LogP contribution in [0.2, 0.25) is 0 Å². The molecule has 0 aliphatic carbocycles. The number of aryl methyl sites for hydroxylation is 2. The summed E-state index contributed by atoms with van der Waals surface area (Å²) in [5.41, 5.74) is 5.94. The van der Waals surface area contributed by atoms with Gasteiger partial charge in [0.1, 0.15) is 11.6 Å². The highest BCUT2D eigenvalue weighted by atomic mass is 15.1. The van der Waals surface area contributed by atoms with E-state index in [9.17, 15) is 5.26 Å². The number of nitrogens with zero attached hydrogens (tertiary/aromatic N) is 10. The molecule has 0 spiro atoms. The highest BCUT2D eigenvalue weighted by Crippen LogP contribution is 2.33. The van der Waals surface area contributed by atoms with Crippen LogP contribution in [0.5, 0.6) is 0 Å². The molecule has 0 bridgehead atoms.